The van der Waals surface area contributed by atoms with E-state index in [0.29, 0.717) is 6.04 Å². The third-order valence-electron chi connectivity index (χ3n) is 4.98. The fraction of sp³-hybridized carbons (Fsp3) is 0.706. The lowest BCUT2D eigenvalue weighted by molar-refractivity contribution is 0.345. The van der Waals surface area contributed by atoms with Crippen molar-refractivity contribution in [3.05, 3.63) is 24.5 Å². The number of anilines is 1. The van der Waals surface area contributed by atoms with E-state index in [4.69, 9.17) is 4.98 Å². The molecule has 21 heavy (non-hydrogen) atoms. The number of piperidine rings is 1. The summed E-state index contributed by atoms with van der Waals surface area (Å²) >= 11 is 0. The molecule has 1 aromatic heterocycles. The first-order valence-electron chi connectivity index (χ1n) is 8.44. The van der Waals surface area contributed by atoms with Crippen molar-refractivity contribution in [1.82, 2.24) is 14.9 Å². The van der Waals surface area contributed by atoms with Crippen molar-refractivity contribution >= 4 is 5.95 Å². The number of aryl methyl sites for hydroxylation is 1. The number of imidazole rings is 1. The van der Waals surface area contributed by atoms with E-state index in [1.165, 1.54) is 31.4 Å². The van der Waals surface area contributed by atoms with E-state index < -0.39 is 0 Å². The summed E-state index contributed by atoms with van der Waals surface area (Å²) in [5.41, 5.74) is 1.18. The van der Waals surface area contributed by atoms with Crippen molar-refractivity contribution in [3.8, 4) is 0 Å². The van der Waals surface area contributed by atoms with E-state index in [0.717, 1.165) is 37.5 Å². The normalized spacial score (nSPS) is 27.8. The van der Waals surface area contributed by atoms with Gasteiger partial charge in [0.25, 0.3) is 0 Å². The molecular formula is C17H28N4. The molecule has 0 amide bonds. The fourth-order valence-electron chi connectivity index (χ4n) is 3.98. The molecular weight excluding hydrogens is 260 g/mol. The lowest BCUT2D eigenvalue weighted by atomic mass is 9.98. The van der Waals surface area contributed by atoms with E-state index in [1.54, 1.807) is 0 Å². The third kappa shape index (κ3) is 2.86. The quantitative estimate of drug-likeness (QED) is 0.817. The molecule has 1 aromatic rings. The van der Waals surface area contributed by atoms with Crippen LogP contribution in [-0.4, -0.2) is 34.2 Å². The highest BCUT2D eigenvalue weighted by molar-refractivity contribution is 5.36. The molecule has 3 heterocycles. The van der Waals surface area contributed by atoms with E-state index >= 15 is 0 Å². The molecule has 1 N–H and O–H groups in total. The van der Waals surface area contributed by atoms with Crippen LogP contribution < -0.4 is 10.2 Å². The Morgan fingerprint density at radius 3 is 2.67 bits per heavy atom. The lowest BCUT2D eigenvalue weighted by Crippen LogP contribution is -2.49. The molecule has 0 aromatic carbocycles. The molecule has 2 unspecified atom stereocenters. The van der Waals surface area contributed by atoms with Crippen LogP contribution in [0.3, 0.4) is 0 Å². The van der Waals surface area contributed by atoms with Gasteiger partial charge in [-0.15, -0.1) is 6.58 Å². The van der Waals surface area contributed by atoms with Gasteiger partial charge in [0.05, 0.1) is 5.69 Å². The van der Waals surface area contributed by atoms with Crippen LogP contribution in [0.2, 0.25) is 0 Å². The fourth-order valence-corrected chi connectivity index (χ4v) is 3.98. The first-order chi connectivity index (χ1) is 10.2. The Kier molecular flexibility index (Phi) is 4.34. The Hall–Kier alpha value is -1.29. The molecule has 2 aliphatic heterocycles. The van der Waals surface area contributed by atoms with Crippen molar-refractivity contribution < 1.29 is 0 Å². The van der Waals surface area contributed by atoms with E-state index in [2.05, 4.69) is 41.4 Å². The van der Waals surface area contributed by atoms with Crippen LogP contribution in [0.4, 0.5) is 5.95 Å². The largest absolute Gasteiger partial charge is 0.339 e. The molecule has 0 radical (unpaired) electrons. The minimum atomic E-state index is 0.629. The van der Waals surface area contributed by atoms with Gasteiger partial charge in [-0.2, -0.15) is 0 Å². The van der Waals surface area contributed by atoms with Crippen LogP contribution in [0.1, 0.15) is 45.2 Å². The monoisotopic (exact) mass is 288 g/mol. The highest BCUT2D eigenvalue weighted by Gasteiger charge is 2.36. The molecule has 3 rings (SSSR count). The van der Waals surface area contributed by atoms with Gasteiger partial charge >= 0.3 is 0 Å². The van der Waals surface area contributed by atoms with E-state index in [1.807, 2.05) is 6.08 Å². The van der Waals surface area contributed by atoms with Gasteiger partial charge in [0.15, 0.2) is 0 Å². The number of hydrogen-bond donors (Lipinski definition) is 1. The molecule has 0 spiro atoms. The van der Waals surface area contributed by atoms with Crippen molar-refractivity contribution in [1.29, 1.82) is 0 Å². The van der Waals surface area contributed by atoms with Gasteiger partial charge < -0.3 is 14.8 Å². The topological polar surface area (TPSA) is 33.1 Å². The van der Waals surface area contributed by atoms with Crippen LogP contribution in [0, 0.1) is 0 Å². The minimum Gasteiger partial charge on any atom is -0.339 e. The van der Waals surface area contributed by atoms with Gasteiger partial charge in [0, 0.05) is 37.4 Å². The molecule has 2 atom stereocenters. The minimum absolute atomic E-state index is 0.629. The summed E-state index contributed by atoms with van der Waals surface area (Å²) in [6, 6.07) is 2.07. The van der Waals surface area contributed by atoms with E-state index in [9.17, 15) is 0 Å². The zero-order valence-corrected chi connectivity index (χ0v) is 13.4. The Balaban J connectivity index is 1.85. The molecule has 4 heteroatoms. The maximum Gasteiger partial charge on any atom is 0.206 e. The summed E-state index contributed by atoms with van der Waals surface area (Å²) in [6.45, 7) is 10.2. The number of rotatable bonds is 6. The second-order valence-corrected chi connectivity index (χ2v) is 6.38. The standard InChI is InChI=1S/C17H28N4/c1-4-9-20-12-13(5-2)19-17(20)21(6-3)16-10-14-7-8-15(11-16)18-14/h4,12,14-16,18H,1,5-11H2,2-3H3. The summed E-state index contributed by atoms with van der Waals surface area (Å²) in [5.74, 6) is 1.14. The highest BCUT2D eigenvalue weighted by Crippen LogP contribution is 2.32. The number of aromatic nitrogens is 2. The second kappa shape index (κ2) is 6.22. The van der Waals surface area contributed by atoms with Gasteiger partial charge in [-0.25, -0.2) is 4.98 Å². The van der Waals surface area contributed by atoms with Gasteiger partial charge in [-0.1, -0.05) is 13.0 Å². The predicted molar refractivity (Wildman–Crippen MR) is 87.8 cm³/mol. The molecule has 116 valence electrons. The van der Waals surface area contributed by atoms with E-state index in [-0.39, 0.29) is 0 Å². The van der Waals surface area contributed by atoms with Crippen molar-refractivity contribution in [2.75, 3.05) is 11.4 Å². The second-order valence-electron chi connectivity index (χ2n) is 6.38. The third-order valence-corrected chi connectivity index (χ3v) is 4.98. The zero-order valence-electron chi connectivity index (χ0n) is 13.4. The Morgan fingerprint density at radius 1 is 1.38 bits per heavy atom. The molecule has 2 aliphatic rings. The van der Waals surface area contributed by atoms with Gasteiger partial charge in [0.1, 0.15) is 0 Å². The lowest BCUT2D eigenvalue weighted by Gasteiger charge is -2.38. The zero-order chi connectivity index (χ0) is 14.8. The number of nitrogens with zero attached hydrogens (tertiary/aromatic N) is 3. The Bertz CT molecular complexity index is 481. The summed E-state index contributed by atoms with van der Waals surface area (Å²) in [6.07, 6.45) is 10.4. The first kappa shape index (κ1) is 14.6. The first-order valence-corrected chi connectivity index (χ1v) is 8.44. The average molecular weight is 288 g/mol. The van der Waals surface area contributed by atoms with Crippen LogP contribution in [0.5, 0.6) is 0 Å². The molecule has 2 fully saturated rings. The molecule has 2 bridgehead atoms. The Labute approximate surface area is 128 Å². The summed E-state index contributed by atoms with van der Waals surface area (Å²) < 4.78 is 2.26. The van der Waals surface area contributed by atoms with Gasteiger partial charge in [-0.05, 0) is 39.0 Å². The molecule has 4 nitrogen and oxygen atoms in total. The van der Waals surface area contributed by atoms with Gasteiger partial charge in [-0.3, -0.25) is 0 Å². The number of nitrogens with one attached hydrogen (secondary N) is 1. The van der Waals surface area contributed by atoms with Crippen molar-refractivity contribution in [2.45, 2.75) is 70.6 Å². The summed E-state index contributed by atoms with van der Waals surface area (Å²) in [7, 11) is 0. The smallest absolute Gasteiger partial charge is 0.206 e. The van der Waals surface area contributed by atoms with Crippen LogP contribution >= 0.6 is 0 Å². The van der Waals surface area contributed by atoms with Crippen molar-refractivity contribution in [3.63, 3.8) is 0 Å². The average Bonchev–Trinajstić information content (AvgIpc) is 3.04. The number of hydrogen-bond acceptors (Lipinski definition) is 3. The van der Waals surface area contributed by atoms with Crippen molar-refractivity contribution in [2.24, 2.45) is 0 Å². The summed E-state index contributed by atoms with van der Waals surface area (Å²) in [5, 5.41) is 3.74. The van der Waals surface area contributed by atoms with Crippen LogP contribution in [0.15, 0.2) is 18.9 Å². The maximum absolute atomic E-state index is 4.88. The Morgan fingerprint density at radius 2 is 2.10 bits per heavy atom. The maximum atomic E-state index is 4.88. The molecule has 0 aliphatic carbocycles. The predicted octanol–water partition coefficient (Wildman–Crippen LogP) is 2.74. The number of allylic oxidation sites excluding steroid dienone is 1. The van der Waals surface area contributed by atoms with Crippen LogP contribution in [-0.2, 0) is 13.0 Å². The number of fused-ring (bicyclic) bond motifs is 2. The van der Waals surface area contributed by atoms with Crippen LogP contribution in [0.25, 0.3) is 0 Å². The SMILES string of the molecule is C=CCn1cc(CC)nc1N(CC)C1CC2CCC(C1)N2. The molecule has 2 saturated heterocycles. The highest BCUT2D eigenvalue weighted by atomic mass is 15.3. The molecule has 0 saturated carbocycles. The summed E-state index contributed by atoms with van der Waals surface area (Å²) in [4.78, 5) is 7.41. The van der Waals surface area contributed by atoms with Gasteiger partial charge in [0.2, 0.25) is 5.95 Å².